The minimum Gasteiger partial charge on any atom is -0.467 e. The van der Waals surface area contributed by atoms with Crippen molar-refractivity contribution in [3.05, 3.63) is 34.9 Å². The van der Waals surface area contributed by atoms with Crippen LogP contribution in [0, 0.1) is 0 Å². The molecule has 0 bridgehead atoms. The number of carbonyl (C=O) groups excluding carboxylic acids is 1. The van der Waals surface area contributed by atoms with Crippen molar-refractivity contribution in [3.8, 4) is 0 Å². The van der Waals surface area contributed by atoms with Crippen LogP contribution in [-0.2, 0) is 22.4 Å². The van der Waals surface area contributed by atoms with Crippen molar-refractivity contribution in [2.24, 2.45) is 5.73 Å². The van der Waals surface area contributed by atoms with Crippen molar-refractivity contribution in [2.45, 2.75) is 25.0 Å². The first kappa shape index (κ1) is 11.1. The molecule has 0 saturated carbocycles. The van der Waals surface area contributed by atoms with E-state index in [1.807, 2.05) is 12.1 Å². The molecule has 16 heavy (non-hydrogen) atoms. The number of aliphatic hydroxyl groups excluding tert-OH is 1. The molecule has 86 valence electrons. The molecule has 1 aromatic carbocycles. The molecule has 3 N–H and O–H groups in total. The molecular weight excluding hydrogens is 206 g/mol. The van der Waals surface area contributed by atoms with Gasteiger partial charge in [0.05, 0.1) is 7.11 Å². The lowest BCUT2D eigenvalue weighted by Gasteiger charge is -2.10. The molecule has 0 aromatic heterocycles. The van der Waals surface area contributed by atoms with Crippen molar-refractivity contribution in [3.63, 3.8) is 0 Å². The second-order valence-electron chi connectivity index (χ2n) is 4.12. The molecule has 4 heteroatoms. The third-order valence-electron chi connectivity index (χ3n) is 2.93. The molecule has 0 aliphatic heterocycles. The Balaban J connectivity index is 2.25. The van der Waals surface area contributed by atoms with Crippen LogP contribution in [0.3, 0.4) is 0 Å². The number of nitrogens with two attached hydrogens (primary N) is 1. The maximum Gasteiger partial charge on any atom is 0.339 e. The lowest BCUT2D eigenvalue weighted by molar-refractivity contribution is -0.150. The van der Waals surface area contributed by atoms with E-state index in [2.05, 4.69) is 4.74 Å². The average molecular weight is 221 g/mol. The molecule has 0 fully saturated rings. The van der Waals surface area contributed by atoms with Gasteiger partial charge >= 0.3 is 5.97 Å². The molecule has 0 radical (unpaired) electrons. The maximum absolute atomic E-state index is 11.2. The number of carbonyl (C=O) groups is 1. The van der Waals surface area contributed by atoms with Crippen LogP contribution in [-0.4, -0.2) is 24.2 Å². The molecule has 1 aliphatic rings. The molecule has 2 unspecified atom stereocenters. The van der Waals surface area contributed by atoms with Gasteiger partial charge in [0.15, 0.2) is 6.10 Å². The molecule has 0 saturated heterocycles. The fourth-order valence-corrected chi connectivity index (χ4v) is 2.09. The zero-order valence-electron chi connectivity index (χ0n) is 9.14. The summed E-state index contributed by atoms with van der Waals surface area (Å²) in [6.07, 6.45) is 0.466. The van der Waals surface area contributed by atoms with Gasteiger partial charge in [-0.3, -0.25) is 0 Å². The Bertz CT molecular complexity index is 417. The summed E-state index contributed by atoms with van der Waals surface area (Å²) in [6, 6.07) is 5.66. The van der Waals surface area contributed by atoms with Gasteiger partial charge < -0.3 is 15.6 Å². The van der Waals surface area contributed by atoms with Crippen LogP contribution in [0.15, 0.2) is 18.2 Å². The second-order valence-corrected chi connectivity index (χ2v) is 4.12. The number of hydrogen-bond acceptors (Lipinski definition) is 4. The molecule has 0 spiro atoms. The number of benzene rings is 1. The first-order valence-electron chi connectivity index (χ1n) is 5.25. The van der Waals surface area contributed by atoms with E-state index in [-0.39, 0.29) is 6.04 Å². The van der Waals surface area contributed by atoms with Crippen molar-refractivity contribution >= 4 is 5.97 Å². The van der Waals surface area contributed by atoms with Crippen LogP contribution >= 0.6 is 0 Å². The topological polar surface area (TPSA) is 72.5 Å². The van der Waals surface area contributed by atoms with Gasteiger partial charge in [-0.05, 0) is 29.5 Å². The highest BCUT2D eigenvalue weighted by Crippen LogP contribution is 2.25. The Kier molecular flexibility index (Phi) is 2.94. The number of rotatable bonds is 2. The summed E-state index contributed by atoms with van der Waals surface area (Å²) >= 11 is 0. The number of ether oxygens (including phenoxy) is 1. The van der Waals surface area contributed by atoms with Gasteiger partial charge in [0.1, 0.15) is 0 Å². The van der Waals surface area contributed by atoms with E-state index in [9.17, 15) is 9.90 Å². The molecule has 1 aliphatic carbocycles. The molecular formula is C12H15NO3. The van der Waals surface area contributed by atoms with Crippen molar-refractivity contribution in [1.82, 2.24) is 0 Å². The number of methoxy groups -OCH3 is 1. The zero-order valence-corrected chi connectivity index (χ0v) is 9.14. The quantitative estimate of drug-likeness (QED) is 0.705. The number of fused-ring (bicyclic) bond motifs is 1. The van der Waals surface area contributed by atoms with Crippen LogP contribution in [0.5, 0.6) is 0 Å². The normalized spacial score (nSPS) is 20.3. The van der Waals surface area contributed by atoms with Gasteiger partial charge in [-0.2, -0.15) is 0 Å². The van der Waals surface area contributed by atoms with Crippen LogP contribution in [0.25, 0.3) is 0 Å². The second kappa shape index (κ2) is 4.23. The average Bonchev–Trinajstić information content (AvgIpc) is 2.65. The van der Waals surface area contributed by atoms with Crippen LogP contribution in [0.2, 0.25) is 0 Å². The molecule has 2 rings (SSSR count). The summed E-state index contributed by atoms with van der Waals surface area (Å²) in [7, 11) is 1.26. The predicted octanol–water partition coefficient (Wildman–Crippen LogP) is 0.319. The first-order chi connectivity index (χ1) is 7.61. The standard InChI is InChI=1S/C12H15NO3/c1-16-12(15)11(14)8-3-2-7-5-10(13)6-9(7)4-8/h2-4,10-11,14H,5-6,13H2,1H3. The molecule has 0 amide bonds. The summed E-state index contributed by atoms with van der Waals surface area (Å²) in [5.74, 6) is -0.637. The molecule has 0 heterocycles. The van der Waals surface area contributed by atoms with E-state index >= 15 is 0 Å². The third-order valence-corrected chi connectivity index (χ3v) is 2.93. The first-order valence-corrected chi connectivity index (χ1v) is 5.25. The van der Waals surface area contributed by atoms with Gasteiger partial charge in [-0.1, -0.05) is 18.2 Å². The smallest absolute Gasteiger partial charge is 0.339 e. The summed E-state index contributed by atoms with van der Waals surface area (Å²) < 4.78 is 4.49. The van der Waals surface area contributed by atoms with E-state index in [4.69, 9.17) is 5.73 Å². The molecule has 4 nitrogen and oxygen atoms in total. The van der Waals surface area contributed by atoms with Crippen LogP contribution in [0.4, 0.5) is 0 Å². The third kappa shape index (κ3) is 1.94. The van der Waals surface area contributed by atoms with E-state index in [1.165, 1.54) is 12.7 Å². The lowest BCUT2D eigenvalue weighted by atomic mass is 10.0. The fourth-order valence-electron chi connectivity index (χ4n) is 2.09. The van der Waals surface area contributed by atoms with Gasteiger partial charge in [0.2, 0.25) is 0 Å². The Morgan fingerprint density at radius 3 is 2.88 bits per heavy atom. The minimum atomic E-state index is -1.20. The monoisotopic (exact) mass is 221 g/mol. The maximum atomic E-state index is 11.2. The Labute approximate surface area is 94.0 Å². The van der Waals surface area contributed by atoms with E-state index in [0.717, 1.165) is 18.4 Å². The van der Waals surface area contributed by atoms with Gasteiger partial charge in [0, 0.05) is 6.04 Å². The summed E-state index contributed by atoms with van der Waals surface area (Å²) in [4.78, 5) is 11.2. The van der Waals surface area contributed by atoms with Gasteiger partial charge in [-0.25, -0.2) is 4.79 Å². The Hall–Kier alpha value is -1.39. The Morgan fingerprint density at radius 2 is 2.19 bits per heavy atom. The molecule has 2 atom stereocenters. The SMILES string of the molecule is COC(=O)C(O)c1ccc2c(c1)CC(N)C2. The highest BCUT2D eigenvalue weighted by Gasteiger charge is 2.22. The summed E-state index contributed by atoms with van der Waals surface area (Å²) in [5, 5.41) is 9.68. The van der Waals surface area contributed by atoms with E-state index < -0.39 is 12.1 Å². The van der Waals surface area contributed by atoms with Gasteiger partial charge in [0.25, 0.3) is 0 Å². The highest BCUT2D eigenvalue weighted by atomic mass is 16.5. The largest absolute Gasteiger partial charge is 0.467 e. The molecule has 1 aromatic rings. The van der Waals surface area contributed by atoms with Crippen molar-refractivity contribution in [2.75, 3.05) is 7.11 Å². The van der Waals surface area contributed by atoms with E-state index in [0.29, 0.717) is 5.56 Å². The van der Waals surface area contributed by atoms with Gasteiger partial charge in [-0.15, -0.1) is 0 Å². The summed E-state index contributed by atoms with van der Waals surface area (Å²) in [6.45, 7) is 0. The highest BCUT2D eigenvalue weighted by molar-refractivity contribution is 5.76. The zero-order chi connectivity index (χ0) is 11.7. The summed E-state index contributed by atoms with van der Waals surface area (Å²) in [5.41, 5.74) is 8.73. The number of hydrogen-bond donors (Lipinski definition) is 2. The fraction of sp³-hybridized carbons (Fsp3) is 0.417. The number of esters is 1. The van der Waals surface area contributed by atoms with Crippen LogP contribution < -0.4 is 5.73 Å². The minimum absolute atomic E-state index is 0.153. The Morgan fingerprint density at radius 1 is 1.50 bits per heavy atom. The predicted molar refractivity (Wildman–Crippen MR) is 58.8 cm³/mol. The lowest BCUT2D eigenvalue weighted by Crippen LogP contribution is -2.19. The van der Waals surface area contributed by atoms with E-state index in [1.54, 1.807) is 6.07 Å². The van der Waals surface area contributed by atoms with Crippen LogP contribution in [0.1, 0.15) is 22.8 Å². The van der Waals surface area contributed by atoms with Crippen molar-refractivity contribution < 1.29 is 14.6 Å². The number of aliphatic hydroxyl groups is 1. The van der Waals surface area contributed by atoms with Crippen molar-refractivity contribution in [1.29, 1.82) is 0 Å².